The van der Waals surface area contributed by atoms with Gasteiger partial charge < -0.3 is 9.62 Å². The van der Waals surface area contributed by atoms with Gasteiger partial charge in [0.1, 0.15) is 5.76 Å². The van der Waals surface area contributed by atoms with Crippen LogP contribution in [0.3, 0.4) is 0 Å². The van der Waals surface area contributed by atoms with Gasteiger partial charge in [0.25, 0.3) is 0 Å². The van der Waals surface area contributed by atoms with Crippen molar-refractivity contribution in [3.8, 4) is 0 Å². The lowest BCUT2D eigenvalue weighted by Crippen LogP contribution is -2.18. The second-order valence-corrected chi connectivity index (χ2v) is 4.79. The van der Waals surface area contributed by atoms with Crippen LogP contribution in [-0.4, -0.2) is 10.9 Å². The quantitative estimate of drug-likeness (QED) is 0.458. The highest BCUT2D eigenvalue weighted by Gasteiger charge is 2.40. The molecule has 0 aromatic carbocycles. The maximum atomic E-state index is 9.05. The lowest BCUT2D eigenvalue weighted by atomic mass is 9.86. The summed E-state index contributed by atoms with van der Waals surface area (Å²) in [5.74, 6) is 1.86. The van der Waals surface area contributed by atoms with Gasteiger partial charge in [-0.1, -0.05) is 19.0 Å². The molecule has 2 aliphatic rings. The van der Waals surface area contributed by atoms with Crippen LogP contribution in [0.15, 0.2) is 20.7 Å². The highest BCUT2D eigenvalue weighted by molar-refractivity contribution is 7.96. The normalized spacial score (nSPS) is 27.6. The van der Waals surface area contributed by atoms with Crippen LogP contribution in [0, 0.1) is 5.92 Å². The molecule has 2 bridgehead atoms. The molecule has 1 heterocycles. The Bertz CT molecular complexity index is 428. The number of rotatable bonds is 1. The molecule has 0 amide bonds. The number of nitrogens with two attached hydrogens (primary N) is 1. The van der Waals surface area contributed by atoms with Crippen molar-refractivity contribution in [1.82, 2.24) is 0 Å². The van der Waals surface area contributed by atoms with Gasteiger partial charge in [0, 0.05) is 23.5 Å². The van der Waals surface area contributed by atoms with E-state index in [1.54, 1.807) is 0 Å². The standard InChI is InChI=1S/C10H12N2O2S.C2H6/c11-15-8-4-7-9(12-13)5-1-2-6(3-5)10(7)14-8;1-2/h4-6,13H,1-3,11H2;1-2H3/b12-9-;. The first-order valence-electron chi connectivity index (χ1n) is 6.06. The Morgan fingerprint density at radius 1 is 1.41 bits per heavy atom. The molecule has 94 valence electrons. The molecule has 1 aromatic heterocycles. The highest BCUT2D eigenvalue weighted by Crippen LogP contribution is 2.47. The average molecular weight is 254 g/mol. The van der Waals surface area contributed by atoms with Crippen molar-refractivity contribution in [1.29, 1.82) is 0 Å². The summed E-state index contributed by atoms with van der Waals surface area (Å²) in [6.07, 6.45) is 3.27. The Balaban J connectivity index is 0.000000514. The van der Waals surface area contributed by atoms with Crippen LogP contribution in [0.1, 0.15) is 50.4 Å². The summed E-state index contributed by atoms with van der Waals surface area (Å²) < 4.78 is 5.66. The third-order valence-corrected chi connectivity index (χ3v) is 3.86. The fourth-order valence-corrected chi connectivity index (χ4v) is 3.09. The topological polar surface area (TPSA) is 71.8 Å². The Morgan fingerprint density at radius 3 is 2.76 bits per heavy atom. The lowest BCUT2D eigenvalue weighted by molar-refractivity contribution is 0.313. The van der Waals surface area contributed by atoms with Crippen molar-refractivity contribution in [3.63, 3.8) is 0 Å². The van der Waals surface area contributed by atoms with E-state index in [2.05, 4.69) is 5.16 Å². The van der Waals surface area contributed by atoms with Gasteiger partial charge in [0.15, 0.2) is 5.09 Å². The van der Waals surface area contributed by atoms with Gasteiger partial charge in [-0.15, -0.1) is 0 Å². The molecule has 0 saturated heterocycles. The first kappa shape index (κ1) is 12.5. The zero-order valence-electron chi connectivity index (χ0n) is 10.1. The predicted molar refractivity (Wildman–Crippen MR) is 68.5 cm³/mol. The highest BCUT2D eigenvalue weighted by atomic mass is 32.2. The van der Waals surface area contributed by atoms with E-state index in [1.807, 2.05) is 19.9 Å². The van der Waals surface area contributed by atoms with Crippen molar-refractivity contribution in [2.45, 2.75) is 44.1 Å². The Kier molecular flexibility index (Phi) is 3.79. The van der Waals surface area contributed by atoms with Gasteiger partial charge in [-0.3, -0.25) is 5.14 Å². The third kappa shape index (κ3) is 1.98. The second-order valence-electron chi connectivity index (χ2n) is 4.15. The number of furan rings is 1. The van der Waals surface area contributed by atoms with Crippen LogP contribution < -0.4 is 5.14 Å². The molecule has 5 heteroatoms. The summed E-state index contributed by atoms with van der Waals surface area (Å²) in [6.45, 7) is 4.00. The van der Waals surface area contributed by atoms with Crippen LogP contribution >= 0.6 is 11.9 Å². The minimum atomic E-state index is 0.403. The van der Waals surface area contributed by atoms with E-state index in [-0.39, 0.29) is 0 Å². The summed E-state index contributed by atoms with van der Waals surface area (Å²) in [7, 11) is 0. The molecule has 0 aliphatic heterocycles. The predicted octanol–water partition coefficient (Wildman–Crippen LogP) is 3.35. The van der Waals surface area contributed by atoms with Gasteiger partial charge >= 0.3 is 0 Å². The van der Waals surface area contributed by atoms with Crippen LogP contribution in [0.4, 0.5) is 0 Å². The summed E-state index contributed by atoms with van der Waals surface area (Å²) in [5, 5.41) is 18.6. The summed E-state index contributed by atoms with van der Waals surface area (Å²) >= 11 is 1.10. The monoisotopic (exact) mass is 254 g/mol. The Labute approximate surface area is 105 Å². The lowest BCUT2D eigenvalue weighted by Gasteiger charge is -2.18. The third-order valence-electron chi connectivity index (χ3n) is 3.43. The molecule has 1 aromatic rings. The van der Waals surface area contributed by atoms with Crippen LogP contribution in [-0.2, 0) is 0 Å². The molecule has 4 nitrogen and oxygen atoms in total. The van der Waals surface area contributed by atoms with E-state index in [9.17, 15) is 0 Å². The van der Waals surface area contributed by atoms with Crippen LogP contribution in [0.25, 0.3) is 0 Å². The van der Waals surface area contributed by atoms with E-state index in [1.165, 1.54) is 0 Å². The van der Waals surface area contributed by atoms with Gasteiger partial charge in [0.05, 0.1) is 5.71 Å². The zero-order chi connectivity index (χ0) is 12.4. The number of oxime groups is 1. The van der Waals surface area contributed by atoms with E-state index in [0.29, 0.717) is 16.9 Å². The van der Waals surface area contributed by atoms with Gasteiger partial charge in [-0.2, -0.15) is 0 Å². The van der Waals surface area contributed by atoms with Crippen molar-refractivity contribution in [3.05, 3.63) is 17.4 Å². The van der Waals surface area contributed by atoms with E-state index in [4.69, 9.17) is 14.8 Å². The summed E-state index contributed by atoms with van der Waals surface area (Å²) in [4.78, 5) is 0. The number of hydrogen-bond acceptors (Lipinski definition) is 5. The smallest absolute Gasteiger partial charge is 0.175 e. The van der Waals surface area contributed by atoms with Crippen molar-refractivity contribution in [2.24, 2.45) is 16.2 Å². The molecule has 2 aliphatic carbocycles. The van der Waals surface area contributed by atoms with Crippen molar-refractivity contribution < 1.29 is 9.62 Å². The Hall–Kier alpha value is -0.940. The molecule has 0 spiro atoms. The summed E-state index contributed by atoms with van der Waals surface area (Å²) in [5.41, 5.74) is 1.74. The summed E-state index contributed by atoms with van der Waals surface area (Å²) in [6, 6.07) is 1.89. The molecule has 1 fully saturated rings. The minimum Gasteiger partial charge on any atom is -0.453 e. The van der Waals surface area contributed by atoms with E-state index >= 15 is 0 Å². The molecule has 2 atom stereocenters. The number of hydrogen-bond donors (Lipinski definition) is 2. The van der Waals surface area contributed by atoms with Gasteiger partial charge in [0.2, 0.25) is 0 Å². The maximum Gasteiger partial charge on any atom is 0.175 e. The second kappa shape index (κ2) is 5.14. The minimum absolute atomic E-state index is 0.403. The first-order valence-corrected chi connectivity index (χ1v) is 6.94. The molecular weight excluding hydrogens is 236 g/mol. The zero-order valence-corrected chi connectivity index (χ0v) is 11.0. The molecule has 0 radical (unpaired) electrons. The van der Waals surface area contributed by atoms with Crippen molar-refractivity contribution in [2.75, 3.05) is 0 Å². The molecule has 2 unspecified atom stereocenters. The molecule has 1 saturated carbocycles. The SMILES string of the molecule is CC.NSc1cc2c(o1)C1CCC(C1)/C2=N/O. The molecular formula is C12H18N2O2S. The first-order chi connectivity index (χ1) is 8.33. The van der Waals surface area contributed by atoms with Gasteiger partial charge in [-0.05, 0) is 31.2 Å². The average Bonchev–Trinajstić information content (AvgIpc) is 2.98. The largest absolute Gasteiger partial charge is 0.453 e. The van der Waals surface area contributed by atoms with Crippen LogP contribution in [0.5, 0.6) is 0 Å². The van der Waals surface area contributed by atoms with E-state index < -0.39 is 0 Å². The fraction of sp³-hybridized carbons (Fsp3) is 0.583. The Morgan fingerprint density at radius 2 is 2.12 bits per heavy atom. The molecule has 3 rings (SSSR count). The molecule has 3 N–H and O–H groups in total. The fourth-order valence-electron chi connectivity index (χ4n) is 2.77. The van der Waals surface area contributed by atoms with Gasteiger partial charge in [-0.25, -0.2) is 0 Å². The van der Waals surface area contributed by atoms with Crippen molar-refractivity contribution >= 4 is 17.7 Å². The molecule has 17 heavy (non-hydrogen) atoms. The number of nitrogens with zero attached hydrogens (tertiary/aromatic N) is 1. The maximum absolute atomic E-state index is 9.05. The van der Waals surface area contributed by atoms with E-state index in [0.717, 1.165) is 48.2 Å². The van der Waals surface area contributed by atoms with Crippen LogP contribution in [0.2, 0.25) is 0 Å². The number of fused-ring (bicyclic) bond motifs is 4.